The highest BCUT2D eigenvalue weighted by molar-refractivity contribution is 7.90. The first-order chi connectivity index (χ1) is 14.4. The Hall–Kier alpha value is -2.42. The van der Waals surface area contributed by atoms with E-state index in [2.05, 4.69) is 0 Å². The third-order valence-corrected chi connectivity index (χ3v) is 6.77. The van der Waals surface area contributed by atoms with Gasteiger partial charge in [-0.1, -0.05) is 0 Å². The second-order valence-corrected chi connectivity index (χ2v) is 9.90. The van der Waals surface area contributed by atoms with Crippen molar-refractivity contribution in [1.82, 2.24) is 4.48 Å². The van der Waals surface area contributed by atoms with Gasteiger partial charge in [0.1, 0.15) is 22.9 Å². The lowest BCUT2D eigenvalue weighted by Crippen LogP contribution is -2.41. The molecule has 166 valence electrons. The Kier molecular flexibility index (Phi) is 6.19. The van der Waals surface area contributed by atoms with E-state index in [0.717, 1.165) is 18.4 Å². The summed E-state index contributed by atoms with van der Waals surface area (Å²) in [5.74, 6) is -0.775. The summed E-state index contributed by atoms with van der Waals surface area (Å²) in [5, 5.41) is 10.1. The number of hydrogen-bond acceptors (Lipinski definition) is 3. The largest absolute Gasteiger partial charge is 0.393 e. The number of quaternary nitrogens is 1. The smallest absolute Gasteiger partial charge is 0.269 e. The van der Waals surface area contributed by atoms with Crippen LogP contribution in [0.1, 0.15) is 37.8 Å². The Labute approximate surface area is 180 Å². The minimum absolute atomic E-state index is 0.143. The van der Waals surface area contributed by atoms with E-state index in [9.17, 15) is 26.7 Å². The standard InChI is InChI=1S/C23H25F3NO3S/c1-14-11-18(8-10-22(14)31(4,29)30)27(15(2)5-7-19(27)12-16(3)28)21-9-6-17(24)13-20(21)23(25)26/h5-11,13,16,23,28H,12H2,1-4H3/q+1/t16-,27?/m0/s1. The van der Waals surface area contributed by atoms with Gasteiger partial charge in [-0.15, -0.1) is 0 Å². The maximum Gasteiger partial charge on any atom is 0.269 e. The van der Waals surface area contributed by atoms with E-state index < -0.39 is 33.7 Å². The lowest BCUT2D eigenvalue weighted by molar-refractivity contribution is 0.149. The van der Waals surface area contributed by atoms with E-state index in [-0.39, 0.29) is 21.5 Å². The highest BCUT2D eigenvalue weighted by atomic mass is 32.2. The monoisotopic (exact) mass is 452 g/mol. The maximum atomic E-state index is 14.0. The summed E-state index contributed by atoms with van der Waals surface area (Å²) < 4.78 is 65.9. The molecule has 0 aliphatic carbocycles. The average molecular weight is 453 g/mol. The van der Waals surface area contributed by atoms with Crippen LogP contribution in [0, 0.1) is 12.7 Å². The van der Waals surface area contributed by atoms with Crippen LogP contribution in [0.15, 0.2) is 64.8 Å². The fourth-order valence-electron chi connectivity index (χ4n) is 4.29. The molecular formula is C23H25F3NO3S+. The summed E-state index contributed by atoms with van der Waals surface area (Å²) in [6.07, 6.45) is 1.14. The van der Waals surface area contributed by atoms with Crippen LogP contribution in [0.4, 0.5) is 24.5 Å². The molecule has 2 aromatic rings. The lowest BCUT2D eigenvalue weighted by atomic mass is 10.0. The van der Waals surface area contributed by atoms with Gasteiger partial charge in [0.05, 0.1) is 16.6 Å². The molecule has 3 rings (SSSR count). The highest BCUT2D eigenvalue weighted by Gasteiger charge is 2.46. The fourth-order valence-corrected chi connectivity index (χ4v) is 5.25. The molecule has 0 saturated heterocycles. The van der Waals surface area contributed by atoms with Crippen molar-refractivity contribution in [2.45, 2.75) is 44.6 Å². The Balaban J connectivity index is 2.40. The first-order valence-electron chi connectivity index (χ1n) is 9.74. The molecule has 1 aliphatic heterocycles. The van der Waals surface area contributed by atoms with Gasteiger partial charge in [-0.05, 0) is 37.6 Å². The van der Waals surface area contributed by atoms with Gasteiger partial charge in [0.15, 0.2) is 15.5 Å². The van der Waals surface area contributed by atoms with E-state index in [1.54, 1.807) is 45.1 Å². The van der Waals surface area contributed by atoms with Crippen molar-refractivity contribution in [1.29, 1.82) is 0 Å². The topological polar surface area (TPSA) is 54.4 Å². The van der Waals surface area contributed by atoms with E-state index in [0.29, 0.717) is 22.6 Å². The summed E-state index contributed by atoms with van der Waals surface area (Å²) in [5.41, 5.74) is 1.96. The van der Waals surface area contributed by atoms with Crippen LogP contribution in [0.2, 0.25) is 0 Å². The molecule has 0 spiro atoms. The van der Waals surface area contributed by atoms with Crippen molar-refractivity contribution in [3.63, 3.8) is 0 Å². The van der Waals surface area contributed by atoms with Crippen LogP contribution >= 0.6 is 0 Å². The number of aryl methyl sites for hydroxylation is 1. The van der Waals surface area contributed by atoms with Gasteiger partial charge in [0, 0.05) is 50.0 Å². The minimum atomic E-state index is -3.48. The fraction of sp³-hybridized carbons (Fsp3) is 0.304. The molecular weight excluding hydrogens is 427 g/mol. The zero-order valence-electron chi connectivity index (χ0n) is 17.7. The lowest BCUT2D eigenvalue weighted by Gasteiger charge is -2.38. The molecule has 0 radical (unpaired) electrons. The zero-order chi connectivity index (χ0) is 23.1. The number of rotatable bonds is 6. The molecule has 1 unspecified atom stereocenters. The molecule has 0 bridgehead atoms. The van der Waals surface area contributed by atoms with Gasteiger partial charge in [0.2, 0.25) is 0 Å². The van der Waals surface area contributed by atoms with Crippen LogP contribution in [-0.4, -0.2) is 25.9 Å². The molecule has 4 nitrogen and oxygen atoms in total. The predicted molar refractivity (Wildman–Crippen MR) is 115 cm³/mol. The van der Waals surface area contributed by atoms with E-state index in [4.69, 9.17) is 0 Å². The maximum absolute atomic E-state index is 14.0. The summed E-state index contributed by atoms with van der Waals surface area (Å²) in [6, 6.07) is 7.97. The summed E-state index contributed by atoms with van der Waals surface area (Å²) in [4.78, 5) is 0.143. The molecule has 0 fully saturated rings. The van der Waals surface area contributed by atoms with Gasteiger partial charge >= 0.3 is 0 Å². The number of nitrogens with zero attached hydrogens (tertiary/aromatic N) is 1. The molecule has 1 N–H and O–H groups in total. The summed E-state index contributed by atoms with van der Waals surface area (Å²) in [6.45, 7) is 5.01. The predicted octanol–water partition coefficient (Wildman–Crippen LogP) is 5.69. The quantitative estimate of drug-likeness (QED) is 0.573. The summed E-state index contributed by atoms with van der Waals surface area (Å²) >= 11 is 0. The van der Waals surface area contributed by atoms with Crippen molar-refractivity contribution >= 4 is 21.2 Å². The number of aliphatic hydroxyl groups excluding tert-OH is 1. The van der Waals surface area contributed by atoms with Gasteiger partial charge < -0.3 is 5.11 Å². The molecule has 0 amide bonds. The van der Waals surface area contributed by atoms with E-state index in [1.807, 2.05) is 0 Å². The number of allylic oxidation sites excluding steroid dienone is 3. The third-order valence-electron chi connectivity index (χ3n) is 5.51. The number of halogens is 3. The number of sulfone groups is 1. The van der Waals surface area contributed by atoms with Crippen molar-refractivity contribution in [3.05, 3.63) is 76.9 Å². The average Bonchev–Trinajstić information content (AvgIpc) is 2.96. The van der Waals surface area contributed by atoms with Crippen molar-refractivity contribution in [2.24, 2.45) is 0 Å². The highest BCUT2D eigenvalue weighted by Crippen LogP contribution is 2.51. The van der Waals surface area contributed by atoms with Gasteiger partial charge in [0.25, 0.3) is 6.43 Å². The first-order valence-corrected chi connectivity index (χ1v) is 11.6. The van der Waals surface area contributed by atoms with Crippen LogP contribution < -0.4 is 4.48 Å². The molecule has 0 saturated carbocycles. The number of alkyl halides is 2. The van der Waals surface area contributed by atoms with Crippen LogP contribution in [0.5, 0.6) is 0 Å². The molecule has 2 atom stereocenters. The molecule has 0 aromatic heterocycles. The number of benzene rings is 2. The molecule has 8 heteroatoms. The first kappa shape index (κ1) is 23.2. The number of hydrogen-bond donors (Lipinski definition) is 1. The molecule has 31 heavy (non-hydrogen) atoms. The van der Waals surface area contributed by atoms with Gasteiger partial charge in [-0.2, -0.15) is 0 Å². The SMILES string of the molecule is CC1=CC=C(C[C@H](C)O)[N+]1(c1ccc(S(C)(=O)=O)c(C)c1)c1ccc(F)cc1C(F)F. The van der Waals surface area contributed by atoms with Crippen molar-refractivity contribution < 1.29 is 26.7 Å². The second-order valence-electron chi connectivity index (χ2n) is 7.92. The molecule has 2 aromatic carbocycles. The van der Waals surface area contributed by atoms with Gasteiger partial charge in [-0.25, -0.2) is 26.1 Å². The van der Waals surface area contributed by atoms with Gasteiger partial charge in [-0.3, -0.25) is 0 Å². The van der Waals surface area contributed by atoms with Crippen molar-refractivity contribution in [3.8, 4) is 0 Å². The second kappa shape index (κ2) is 8.26. The van der Waals surface area contributed by atoms with E-state index in [1.165, 1.54) is 12.1 Å². The Morgan fingerprint density at radius 3 is 2.29 bits per heavy atom. The minimum Gasteiger partial charge on any atom is -0.393 e. The van der Waals surface area contributed by atoms with Crippen LogP contribution in [0.25, 0.3) is 0 Å². The molecule has 1 heterocycles. The van der Waals surface area contributed by atoms with Crippen molar-refractivity contribution in [2.75, 3.05) is 6.26 Å². The Bertz CT molecular complexity index is 1190. The zero-order valence-corrected chi connectivity index (χ0v) is 18.6. The van der Waals surface area contributed by atoms with Crippen LogP contribution in [0.3, 0.4) is 0 Å². The Morgan fingerprint density at radius 1 is 1.06 bits per heavy atom. The summed E-state index contributed by atoms with van der Waals surface area (Å²) in [7, 11) is -3.48. The molecule has 1 aliphatic rings. The van der Waals surface area contributed by atoms with Crippen LogP contribution in [-0.2, 0) is 9.84 Å². The normalized spacial score (nSPS) is 20.0. The number of aliphatic hydroxyl groups is 1. The third kappa shape index (κ3) is 4.07. The van der Waals surface area contributed by atoms with E-state index >= 15 is 0 Å². The Morgan fingerprint density at radius 2 is 1.74 bits per heavy atom.